The van der Waals surface area contributed by atoms with Crippen molar-refractivity contribution in [1.82, 2.24) is 10.1 Å². The highest BCUT2D eigenvalue weighted by Gasteiger charge is 2.20. The molecule has 80 valence electrons. The molecule has 2 N–H and O–H groups in total. The largest absolute Gasteiger partial charge is 0.344 e. The van der Waals surface area contributed by atoms with Crippen LogP contribution in [0.3, 0.4) is 0 Å². The number of nitrogens with zero attached hydrogens (tertiary/aromatic N) is 3. The summed E-state index contributed by atoms with van der Waals surface area (Å²) < 4.78 is 5.13. The number of hydrogen-bond donors (Lipinski definition) is 1. The fraction of sp³-hybridized carbons (Fsp3) is 0.778. The van der Waals surface area contributed by atoms with Crippen LogP contribution in [0.5, 0.6) is 0 Å². The summed E-state index contributed by atoms with van der Waals surface area (Å²) in [5.41, 5.74) is 5.89. The summed E-state index contributed by atoms with van der Waals surface area (Å²) in [5, 5.41) is 3.84. The first-order valence-electron chi connectivity index (χ1n) is 4.82. The van der Waals surface area contributed by atoms with Gasteiger partial charge in [0.15, 0.2) is 0 Å². The van der Waals surface area contributed by atoms with Crippen LogP contribution in [0.4, 0.5) is 5.95 Å². The van der Waals surface area contributed by atoms with Gasteiger partial charge in [0.05, 0.1) is 5.92 Å². The molecule has 0 saturated carbocycles. The van der Waals surface area contributed by atoms with Gasteiger partial charge in [0.25, 0.3) is 5.95 Å². The Labute approximate surface area is 84.3 Å². The minimum absolute atomic E-state index is 0.0745. The van der Waals surface area contributed by atoms with Crippen LogP contribution in [0.25, 0.3) is 0 Å². The molecule has 1 aromatic rings. The predicted molar refractivity (Wildman–Crippen MR) is 55.3 cm³/mol. The van der Waals surface area contributed by atoms with Crippen LogP contribution in [0, 0.1) is 0 Å². The van der Waals surface area contributed by atoms with E-state index in [2.05, 4.69) is 10.1 Å². The number of hydrogen-bond acceptors (Lipinski definition) is 5. The molecule has 0 aliphatic rings. The molecular formula is C9H18N4O. The maximum Gasteiger partial charge on any atom is 0.265 e. The van der Waals surface area contributed by atoms with Gasteiger partial charge in [-0.05, 0) is 11.6 Å². The Kier molecular flexibility index (Phi) is 3.46. The van der Waals surface area contributed by atoms with Crippen LogP contribution in [0.15, 0.2) is 4.52 Å². The van der Waals surface area contributed by atoms with E-state index < -0.39 is 0 Å². The molecule has 0 radical (unpaired) electrons. The molecule has 0 aromatic carbocycles. The zero-order valence-corrected chi connectivity index (χ0v) is 9.19. The van der Waals surface area contributed by atoms with Crippen LogP contribution in [-0.2, 0) is 0 Å². The average molecular weight is 198 g/mol. The molecule has 0 fully saturated rings. The number of rotatable bonds is 4. The third-order valence-electron chi connectivity index (χ3n) is 2.33. The number of aromatic nitrogens is 2. The number of nitrogens with two attached hydrogens (primary N) is 1. The first kappa shape index (κ1) is 11.0. The standard InChI is InChI=1S/C9H18N4O/c1-5-7(10)6(2)8-11-9(12-14-8)13(3)4/h6-7H,5,10H2,1-4H3. The SMILES string of the molecule is CCC(N)C(C)c1nc(N(C)C)no1. The van der Waals surface area contributed by atoms with Gasteiger partial charge >= 0.3 is 0 Å². The molecule has 1 rings (SSSR count). The number of anilines is 1. The molecule has 0 aliphatic heterocycles. The van der Waals surface area contributed by atoms with E-state index in [9.17, 15) is 0 Å². The molecule has 2 atom stereocenters. The molecule has 0 bridgehead atoms. The normalized spacial score (nSPS) is 15.2. The molecular weight excluding hydrogens is 180 g/mol. The zero-order chi connectivity index (χ0) is 10.7. The minimum Gasteiger partial charge on any atom is -0.344 e. The zero-order valence-electron chi connectivity index (χ0n) is 9.19. The summed E-state index contributed by atoms with van der Waals surface area (Å²) in [6.45, 7) is 4.05. The Bertz CT molecular complexity index is 284. The molecule has 14 heavy (non-hydrogen) atoms. The Balaban J connectivity index is 2.76. The van der Waals surface area contributed by atoms with E-state index in [4.69, 9.17) is 10.3 Å². The van der Waals surface area contributed by atoms with Crippen molar-refractivity contribution in [3.05, 3.63) is 5.89 Å². The van der Waals surface area contributed by atoms with Gasteiger partial charge in [0.2, 0.25) is 5.89 Å². The van der Waals surface area contributed by atoms with Gasteiger partial charge in [-0.2, -0.15) is 4.98 Å². The maximum absolute atomic E-state index is 5.89. The maximum atomic E-state index is 5.89. The summed E-state index contributed by atoms with van der Waals surface area (Å²) in [5.74, 6) is 1.32. The smallest absolute Gasteiger partial charge is 0.265 e. The Morgan fingerprint density at radius 3 is 2.57 bits per heavy atom. The lowest BCUT2D eigenvalue weighted by Gasteiger charge is -2.13. The van der Waals surface area contributed by atoms with Gasteiger partial charge in [-0.1, -0.05) is 13.8 Å². The van der Waals surface area contributed by atoms with Crippen LogP contribution in [-0.4, -0.2) is 30.3 Å². The fourth-order valence-corrected chi connectivity index (χ4v) is 1.13. The van der Waals surface area contributed by atoms with Gasteiger partial charge in [-0.25, -0.2) is 0 Å². The van der Waals surface area contributed by atoms with Crippen molar-refractivity contribution in [2.24, 2.45) is 5.73 Å². The van der Waals surface area contributed by atoms with E-state index in [1.165, 1.54) is 0 Å². The molecule has 0 aliphatic carbocycles. The van der Waals surface area contributed by atoms with E-state index in [1.807, 2.05) is 27.9 Å². The van der Waals surface area contributed by atoms with Crippen molar-refractivity contribution in [2.45, 2.75) is 32.2 Å². The van der Waals surface area contributed by atoms with Crippen molar-refractivity contribution < 1.29 is 4.52 Å². The van der Waals surface area contributed by atoms with Crippen molar-refractivity contribution >= 4 is 5.95 Å². The molecule has 5 nitrogen and oxygen atoms in total. The van der Waals surface area contributed by atoms with Gasteiger partial charge in [-0.15, -0.1) is 0 Å². The fourth-order valence-electron chi connectivity index (χ4n) is 1.13. The second kappa shape index (κ2) is 4.41. The van der Waals surface area contributed by atoms with Crippen molar-refractivity contribution in [2.75, 3.05) is 19.0 Å². The molecule has 2 unspecified atom stereocenters. The highest BCUT2D eigenvalue weighted by molar-refractivity contribution is 5.24. The lowest BCUT2D eigenvalue weighted by molar-refractivity contribution is 0.339. The van der Waals surface area contributed by atoms with Crippen molar-refractivity contribution in [1.29, 1.82) is 0 Å². The quantitative estimate of drug-likeness (QED) is 0.781. The second-order valence-corrected chi connectivity index (χ2v) is 3.69. The summed E-state index contributed by atoms with van der Waals surface area (Å²) in [7, 11) is 3.75. The van der Waals surface area contributed by atoms with Crippen molar-refractivity contribution in [3.8, 4) is 0 Å². The lowest BCUT2D eigenvalue weighted by Crippen LogP contribution is -2.25. The predicted octanol–water partition coefficient (Wildman–Crippen LogP) is 0.976. The molecule has 0 spiro atoms. The molecule has 1 aromatic heterocycles. The van der Waals surface area contributed by atoms with E-state index in [0.29, 0.717) is 11.8 Å². The van der Waals surface area contributed by atoms with Crippen LogP contribution >= 0.6 is 0 Å². The lowest BCUT2D eigenvalue weighted by atomic mass is 10.0. The van der Waals surface area contributed by atoms with E-state index in [1.54, 1.807) is 4.90 Å². The van der Waals surface area contributed by atoms with Crippen LogP contribution in [0.2, 0.25) is 0 Å². The first-order valence-corrected chi connectivity index (χ1v) is 4.82. The minimum atomic E-state index is 0.0745. The third kappa shape index (κ3) is 2.23. The van der Waals surface area contributed by atoms with Gasteiger partial charge in [0.1, 0.15) is 0 Å². The molecule has 5 heteroatoms. The van der Waals surface area contributed by atoms with E-state index >= 15 is 0 Å². The molecule has 1 heterocycles. The second-order valence-electron chi connectivity index (χ2n) is 3.69. The van der Waals surface area contributed by atoms with Gasteiger partial charge in [0, 0.05) is 20.1 Å². The summed E-state index contributed by atoms with van der Waals surface area (Å²) in [4.78, 5) is 6.05. The monoisotopic (exact) mass is 198 g/mol. The Morgan fingerprint density at radius 1 is 1.50 bits per heavy atom. The summed E-state index contributed by atoms with van der Waals surface area (Å²) in [6, 6.07) is 0.0745. The average Bonchev–Trinajstić information content (AvgIpc) is 2.64. The highest BCUT2D eigenvalue weighted by atomic mass is 16.5. The molecule has 0 amide bonds. The summed E-state index contributed by atoms with van der Waals surface area (Å²) in [6.07, 6.45) is 0.904. The van der Waals surface area contributed by atoms with Crippen LogP contribution < -0.4 is 10.6 Å². The molecule has 0 saturated heterocycles. The topological polar surface area (TPSA) is 68.2 Å². The Hall–Kier alpha value is -1.10. The van der Waals surface area contributed by atoms with Gasteiger partial charge in [-0.3, -0.25) is 0 Å². The summed E-state index contributed by atoms with van der Waals surface area (Å²) >= 11 is 0. The Morgan fingerprint density at radius 2 is 2.14 bits per heavy atom. The highest BCUT2D eigenvalue weighted by Crippen LogP contribution is 2.19. The third-order valence-corrected chi connectivity index (χ3v) is 2.33. The van der Waals surface area contributed by atoms with E-state index in [-0.39, 0.29) is 12.0 Å². The van der Waals surface area contributed by atoms with Crippen molar-refractivity contribution in [3.63, 3.8) is 0 Å². The van der Waals surface area contributed by atoms with E-state index in [0.717, 1.165) is 6.42 Å². The first-order chi connectivity index (χ1) is 6.56. The van der Waals surface area contributed by atoms with Gasteiger partial charge < -0.3 is 15.2 Å². The van der Waals surface area contributed by atoms with Crippen LogP contribution in [0.1, 0.15) is 32.1 Å².